The summed E-state index contributed by atoms with van der Waals surface area (Å²) in [6.07, 6.45) is 0.745. The number of nitrogens with zero attached hydrogens (tertiary/aromatic N) is 1. The van der Waals surface area contributed by atoms with E-state index >= 15 is 0 Å². The summed E-state index contributed by atoms with van der Waals surface area (Å²) in [6.45, 7) is 7.33. The molecule has 152 valence electrons. The maximum absolute atomic E-state index is 13.5. The molecular formula is C21H26FNO4S. The lowest BCUT2D eigenvalue weighted by Crippen LogP contribution is -2.37. The van der Waals surface area contributed by atoms with Gasteiger partial charge in [0.05, 0.1) is 5.25 Å². The highest BCUT2D eigenvalue weighted by molar-refractivity contribution is 7.87. The Labute approximate surface area is 166 Å². The first kappa shape index (κ1) is 21.9. The van der Waals surface area contributed by atoms with E-state index in [0.29, 0.717) is 12.1 Å². The largest absolute Gasteiger partial charge is 0.382 e. The van der Waals surface area contributed by atoms with Crippen molar-refractivity contribution in [1.29, 1.82) is 0 Å². The first-order chi connectivity index (χ1) is 13.1. The van der Waals surface area contributed by atoms with E-state index in [1.807, 2.05) is 13.8 Å². The molecule has 0 aliphatic heterocycles. The number of rotatable bonds is 8. The quantitative estimate of drug-likeness (QED) is 0.609. The van der Waals surface area contributed by atoms with Crippen molar-refractivity contribution < 1.29 is 21.8 Å². The second-order valence-electron chi connectivity index (χ2n) is 6.97. The molecule has 0 saturated carbocycles. The molecule has 0 bridgehead atoms. The molecule has 2 rings (SSSR count). The molecule has 0 radical (unpaired) electrons. The standard InChI is InChI=1S/C21H26FNO4S/c1-5-16(4)23(21(24)18-7-6-8-19(22)13-18)14-17-9-11-20(12-10-17)27-28(25,26)15(2)3/h6-13,15-16H,5,14H2,1-4H3. The van der Waals surface area contributed by atoms with Gasteiger partial charge in [-0.1, -0.05) is 25.1 Å². The van der Waals surface area contributed by atoms with E-state index in [1.54, 1.807) is 49.1 Å². The van der Waals surface area contributed by atoms with Crippen LogP contribution < -0.4 is 4.18 Å². The average Bonchev–Trinajstić information content (AvgIpc) is 2.66. The molecular weight excluding hydrogens is 381 g/mol. The van der Waals surface area contributed by atoms with Crippen LogP contribution in [0.15, 0.2) is 48.5 Å². The molecule has 0 heterocycles. The second kappa shape index (κ2) is 9.19. The Balaban J connectivity index is 2.20. The third-order valence-electron chi connectivity index (χ3n) is 4.52. The maximum Gasteiger partial charge on any atom is 0.311 e. The Kier molecular flexibility index (Phi) is 7.18. The minimum atomic E-state index is -3.66. The summed E-state index contributed by atoms with van der Waals surface area (Å²) in [5.74, 6) is -0.483. The lowest BCUT2D eigenvalue weighted by Gasteiger charge is -2.29. The van der Waals surface area contributed by atoms with Crippen molar-refractivity contribution >= 4 is 16.0 Å². The van der Waals surface area contributed by atoms with Crippen LogP contribution in [0, 0.1) is 5.82 Å². The third kappa shape index (κ3) is 5.55. The van der Waals surface area contributed by atoms with E-state index in [1.165, 1.54) is 18.2 Å². The van der Waals surface area contributed by atoms with Crippen molar-refractivity contribution in [3.05, 3.63) is 65.5 Å². The van der Waals surface area contributed by atoms with Gasteiger partial charge in [0.25, 0.3) is 5.91 Å². The molecule has 0 fully saturated rings. The zero-order valence-corrected chi connectivity index (χ0v) is 17.4. The van der Waals surface area contributed by atoms with E-state index < -0.39 is 21.2 Å². The van der Waals surface area contributed by atoms with Crippen molar-refractivity contribution in [3.8, 4) is 5.75 Å². The zero-order valence-electron chi connectivity index (χ0n) is 16.6. The van der Waals surface area contributed by atoms with Gasteiger partial charge in [0.15, 0.2) is 0 Å². The van der Waals surface area contributed by atoms with Gasteiger partial charge >= 0.3 is 10.1 Å². The number of carbonyl (C=O) groups excluding carboxylic acids is 1. The summed E-state index contributed by atoms with van der Waals surface area (Å²) in [7, 11) is -3.66. The lowest BCUT2D eigenvalue weighted by molar-refractivity contribution is 0.0671. The first-order valence-electron chi connectivity index (χ1n) is 9.22. The molecule has 1 atom stereocenters. The Morgan fingerprint density at radius 3 is 2.29 bits per heavy atom. The van der Waals surface area contributed by atoms with Gasteiger partial charge in [0.2, 0.25) is 0 Å². The van der Waals surface area contributed by atoms with E-state index in [4.69, 9.17) is 4.18 Å². The van der Waals surface area contributed by atoms with Crippen molar-refractivity contribution in [2.45, 2.75) is 52.0 Å². The highest BCUT2D eigenvalue weighted by Crippen LogP contribution is 2.20. The summed E-state index contributed by atoms with van der Waals surface area (Å²) >= 11 is 0. The van der Waals surface area contributed by atoms with Crippen LogP contribution in [-0.4, -0.2) is 30.5 Å². The van der Waals surface area contributed by atoms with Crippen LogP contribution in [0.25, 0.3) is 0 Å². The summed E-state index contributed by atoms with van der Waals surface area (Å²) in [6, 6.07) is 12.2. The highest BCUT2D eigenvalue weighted by Gasteiger charge is 2.22. The van der Waals surface area contributed by atoms with E-state index in [9.17, 15) is 17.6 Å². The minimum Gasteiger partial charge on any atom is -0.382 e. The second-order valence-corrected chi connectivity index (χ2v) is 9.06. The molecule has 0 aliphatic rings. The number of carbonyl (C=O) groups is 1. The van der Waals surface area contributed by atoms with Crippen LogP contribution in [0.5, 0.6) is 5.75 Å². The molecule has 0 aromatic heterocycles. The van der Waals surface area contributed by atoms with Gasteiger partial charge in [0.1, 0.15) is 11.6 Å². The highest BCUT2D eigenvalue weighted by atomic mass is 32.2. The van der Waals surface area contributed by atoms with Crippen molar-refractivity contribution in [2.24, 2.45) is 0 Å². The molecule has 28 heavy (non-hydrogen) atoms. The normalized spacial score (nSPS) is 12.6. The Bertz CT molecular complexity index is 910. The molecule has 5 nitrogen and oxygen atoms in total. The fraction of sp³-hybridized carbons (Fsp3) is 0.381. The molecule has 0 saturated heterocycles. The molecule has 7 heteroatoms. The maximum atomic E-state index is 13.5. The summed E-state index contributed by atoms with van der Waals surface area (Å²) < 4.78 is 42.3. The number of hydrogen-bond acceptors (Lipinski definition) is 4. The van der Waals surface area contributed by atoms with Crippen LogP contribution in [0.2, 0.25) is 0 Å². The van der Waals surface area contributed by atoms with E-state index in [0.717, 1.165) is 12.0 Å². The van der Waals surface area contributed by atoms with Crippen LogP contribution in [0.1, 0.15) is 50.0 Å². The topological polar surface area (TPSA) is 63.7 Å². The van der Waals surface area contributed by atoms with Crippen molar-refractivity contribution in [1.82, 2.24) is 4.90 Å². The van der Waals surface area contributed by atoms with E-state index in [2.05, 4.69) is 0 Å². The van der Waals surface area contributed by atoms with Gasteiger partial charge in [-0.25, -0.2) is 4.39 Å². The fourth-order valence-corrected chi connectivity index (χ4v) is 3.08. The Hall–Kier alpha value is -2.41. The molecule has 1 amide bonds. The van der Waals surface area contributed by atoms with Gasteiger partial charge in [-0.15, -0.1) is 0 Å². The van der Waals surface area contributed by atoms with Gasteiger partial charge in [-0.3, -0.25) is 4.79 Å². The Morgan fingerprint density at radius 1 is 1.11 bits per heavy atom. The monoisotopic (exact) mass is 407 g/mol. The smallest absolute Gasteiger partial charge is 0.311 e. The average molecular weight is 408 g/mol. The van der Waals surface area contributed by atoms with Crippen molar-refractivity contribution in [3.63, 3.8) is 0 Å². The lowest BCUT2D eigenvalue weighted by atomic mass is 10.1. The van der Waals surface area contributed by atoms with Gasteiger partial charge in [-0.2, -0.15) is 8.42 Å². The van der Waals surface area contributed by atoms with Crippen LogP contribution >= 0.6 is 0 Å². The zero-order chi connectivity index (χ0) is 20.9. The molecule has 0 spiro atoms. The predicted octanol–water partition coefficient (Wildman–Crippen LogP) is 4.38. The number of benzene rings is 2. The van der Waals surface area contributed by atoms with Crippen molar-refractivity contribution in [2.75, 3.05) is 0 Å². The molecule has 2 aromatic carbocycles. The first-order valence-corrected chi connectivity index (χ1v) is 10.7. The van der Waals surface area contributed by atoms with Crippen LogP contribution in [0.4, 0.5) is 4.39 Å². The molecule has 1 unspecified atom stereocenters. The van der Waals surface area contributed by atoms with E-state index in [-0.39, 0.29) is 17.7 Å². The molecule has 0 N–H and O–H groups in total. The fourth-order valence-electron chi connectivity index (χ4n) is 2.51. The summed E-state index contributed by atoms with van der Waals surface area (Å²) in [5, 5.41) is -0.642. The predicted molar refractivity (Wildman–Crippen MR) is 107 cm³/mol. The summed E-state index contributed by atoms with van der Waals surface area (Å²) in [4.78, 5) is 14.6. The van der Waals surface area contributed by atoms with Gasteiger partial charge in [-0.05, 0) is 63.1 Å². The number of halogens is 1. The Morgan fingerprint density at radius 2 is 1.75 bits per heavy atom. The number of hydrogen-bond donors (Lipinski definition) is 0. The van der Waals surface area contributed by atoms with Gasteiger partial charge < -0.3 is 9.08 Å². The third-order valence-corrected chi connectivity index (χ3v) is 6.10. The molecule has 0 aliphatic carbocycles. The summed E-state index contributed by atoms with van der Waals surface area (Å²) in [5.41, 5.74) is 1.11. The SMILES string of the molecule is CCC(C)N(Cc1ccc(OS(=O)(=O)C(C)C)cc1)C(=O)c1cccc(F)c1. The minimum absolute atomic E-state index is 0.0481. The number of amides is 1. The van der Waals surface area contributed by atoms with Crippen LogP contribution in [0.3, 0.4) is 0 Å². The molecule has 2 aromatic rings. The van der Waals surface area contributed by atoms with Gasteiger partial charge in [0, 0.05) is 18.2 Å². The van der Waals surface area contributed by atoms with Crippen LogP contribution in [-0.2, 0) is 16.7 Å².